The molecule has 0 spiro atoms. The van der Waals surface area contributed by atoms with Gasteiger partial charge in [-0.05, 0) is 11.8 Å². The number of amidine groups is 1. The van der Waals surface area contributed by atoms with Crippen LogP contribution in [0.3, 0.4) is 0 Å². The summed E-state index contributed by atoms with van der Waals surface area (Å²) in [5, 5.41) is 9.24. The summed E-state index contributed by atoms with van der Waals surface area (Å²) >= 11 is 1.48. The number of thioether (sulfide) groups is 1. The van der Waals surface area contributed by atoms with E-state index in [1.165, 1.54) is 17.3 Å². The molecule has 3 nitrogen and oxygen atoms in total. The molecule has 1 rings (SSSR count). The lowest BCUT2D eigenvalue weighted by Gasteiger charge is -2.18. The number of hydrogen-bond acceptors (Lipinski definition) is 3. The minimum atomic E-state index is 0.737. The quantitative estimate of drug-likeness (QED) is 0.435. The van der Waals surface area contributed by atoms with Crippen molar-refractivity contribution < 1.29 is 0 Å². The van der Waals surface area contributed by atoms with Crippen molar-refractivity contribution in [3.8, 4) is 6.19 Å². The summed E-state index contributed by atoms with van der Waals surface area (Å²) in [6.45, 7) is 0.766. The predicted octanol–water partition coefficient (Wildman–Crippen LogP) is 2.32. The average Bonchev–Trinajstić information content (AvgIpc) is 2.27. The molecule has 0 heterocycles. The maximum absolute atomic E-state index is 8.51. The number of nitriles is 1. The molecule has 0 aliphatic heterocycles. The Labute approximate surface area is 94.4 Å². The second kappa shape index (κ2) is 6.10. The molecule has 0 saturated heterocycles. The van der Waals surface area contributed by atoms with Gasteiger partial charge in [0.25, 0.3) is 0 Å². The number of rotatable bonds is 2. The second-order valence-electron chi connectivity index (χ2n) is 3.04. The molecule has 0 fully saturated rings. The molecule has 4 heteroatoms. The van der Waals surface area contributed by atoms with Crippen LogP contribution in [-0.4, -0.2) is 23.4 Å². The van der Waals surface area contributed by atoms with Crippen molar-refractivity contribution in [3.63, 3.8) is 0 Å². The molecule has 0 bridgehead atoms. The Hall–Kier alpha value is -1.47. The zero-order chi connectivity index (χ0) is 11.1. The fourth-order valence-electron chi connectivity index (χ4n) is 1.25. The average molecular weight is 219 g/mol. The molecule has 0 unspecified atom stereocenters. The third-order valence-electron chi connectivity index (χ3n) is 1.92. The summed E-state index contributed by atoms with van der Waals surface area (Å²) < 4.78 is 0. The van der Waals surface area contributed by atoms with Crippen molar-refractivity contribution in [1.29, 1.82) is 5.26 Å². The summed E-state index contributed by atoms with van der Waals surface area (Å²) in [7, 11) is 1.93. The molecule has 1 aromatic carbocycles. The highest BCUT2D eigenvalue weighted by molar-refractivity contribution is 8.13. The largest absolute Gasteiger partial charge is 0.349 e. The third-order valence-corrected chi connectivity index (χ3v) is 2.69. The molecule has 0 atom stereocenters. The zero-order valence-corrected chi connectivity index (χ0v) is 9.66. The predicted molar refractivity (Wildman–Crippen MR) is 64.5 cm³/mol. The molecule has 0 amide bonds. The summed E-state index contributed by atoms with van der Waals surface area (Å²) in [5.74, 6) is 0. The van der Waals surface area contributed by atoms with E-state index in [9.17, 15) is 0 Å². The van der Waals surface area contributed by atoms with Gasteiger partial charge in [0.1, 0.15) is 0 Å². The fraction of sp³-hybridized carbons (Fsp3) is 0.273. The van der Waals surface area contributed by atoms with Crippen molar-refractivity contribution in [2.75, 3.05) is 13.3 Å². The second-order valence-corrected chi connectivity index (χ2v) is 3.81. The van der Waals surface area contributed by atoms with E-state index in [1.54, 1.807) is 0 Å². The van der Waals surface area contributed by atoms with Crippen LogP contribution in [0.4, 0.5) is 0 Å². The Morgan fingerprint density at radius 1 is 1.47 bits per heavy atom. The Bertz CT molecular complexity index is 367. The monoisotopic (exact) mass is 219 g/mol. The Kier molecular flexibility index (Phi) is 4.72. The number of hydrogen-bond donors (Lipinski definition) is 0. The van der Waals surface area contributed by atoms with E-state index in [2.05, 4.69) is 17.1 Å². The van der Waals surface area contributed by atoms with Gasteiger partial charge >= 0.3 is 0 Å². The van der Waals surface area contributed by atoms with E-state index in [0.29, 0.717) is 0 Å². The van der Waals surface area contributed by atoms with Crippen LogP contribution in [0.5, 0.6) is 0 Å². The van der Waals surface area contributed by atoms with Gasteiger partial charge in [-0.15, -0.1) is 4.99 Å². The van der Waals surface area contributed by atoms with E-state index in [-0.39, 0.29) is 0 Å². The highest BCUT2D eigenvalue weighted by atomic mass is 32.2. The summed E-state index contributed by atoms with van der Waals surface area (Å²) in [6, 6.07) is 10.1. The highest BCUT2D eigenvalue weighted by Gasteiger charge is 2.05. The van der Waals surface area contributed by atoms with Crippen LogP contribution >= 0.6 is 11.8 Å². The van der Waals surface area contributed by atoms with Gasteiger partial charge in [-0.2, -0.15) is 5.26 Å². The Morgan fingerprint density at radius 3 is 2.67 bits per heavy atom. The smallest absolute Gasteiger partial charge is 0.208 e. The third kappa shape index (κ3) is 3.64. The first kappa shape index (κ1) is 11.6. The summed E-state index contributed by atoms with van der Waals surface area (Å²) in [5.41, 5.74) is 1.21. The van der Waals surface area contributed by atoms with E-state index in [4.69, 9.17) is 5.26 Å². The molecule has 0 radical (unpaired) electrons. The molecular formula is C11H13N3S. The van der Waals surface area contributed by atoms with Crippen LogP contribution in [0.1, 0.15) is 5.56 Å². The topological polar surface area (TPSA) is 39.4 Å². The molecule has 78 valence electrons. The zero-order valence-electron chi connectivity index (χ0n) is 8.84. The number of nitrogens with zero attached hydrogens (tertiary/aromatic N) is 3. The van der Waals surface area contributed by atoms with E-state index >= 15 is 0 Å². The lowest BCUT2D eigenvalue weighted by Crippen LogP contribution is -2.23. The fourth-order valence-corrected chi connectivity index (χ4v) is 1.76. The standard InChI is InChI=1S/C11H13N3S/c1-14(11(15-2)13-9-12)8-10-6-4-3-5-7-10/h3-7H,8H2,1-2H3. The van der Waals surface area contributed by atoms with Crippen molar-refractivity contribution in [2.24, 2.45) is 4.99 Å². The molecular weight excluding hydrogens is 206 g/mol. The van der Waals surface area contributed by atoms with Gasteiger partial charge < -0.3 is 4.90 Å². The van der Waals surface area contributed by atoms with Gasteiger partial charge in [0.05, 0.1) is 0 Å². The molecule has 15 heavy (non-hydrogen) atoms. The van der Waals surface area contributed by atoms with E-state index in [1.807, 2.05) is 42.6 Å². The minimum Gasteiger partial charge on any atom is -0.349 e. The summed E-state index contributed by atoms with van der Waals surface area (Å²) in [6.07, 6.45) is 3.73. The molecule has 0 aromatic heterocycles. The van der Waals surface area contributed by atoms with Crippen LogP contribution in [0.25, 0.3) is 0 Å². The lowest BCUT2D eigenvalue weighted by atomic mass is 10.2. The maximum Gasteiger partial charge on any atom is 0.208 e. The summed E-state index contributed by atoms with van der Waals surface area (Å²) in [4.78, 5) is 5.71. The number of aliphatic imine (C=N–C) groups is 1. The maximum atomic E-state index is 8.51. The van der Waals surface area contributed by atoms with Crippen LogP contribution in [0, 0.1) is 11.5 Å². The minimum absolute atomic E-state index is 0.737. The van der Waals surface area contributed by atoms with Gasteiger partial charge in [0.15, 0.2) is 5.17 Å². The van der Waals surface area contributed by atoms with Crippen LogP contribution < -0.4 is 0 Å². The molecule has 1 aromatic rings. The van der Waals surface area contributed by atoms with Gasteiger partial charge in [-0.1, -0.05) is 42.1 Å². The Morgan fingerprint density at radius 2 is 2.13 bits per heavy atom. The van der Waals surface area contributed by atoms with E-state index in [0.717, 1.165) is 11.7 Å². The van der Waals surface area contributed by atoms with Gasteiger partial charge in [-0.3, -0.25) is 0 Å². The first-order valence-corrected chi connectivity index (χ1v) is 5.76. The van der Waals surface area contributed by atoms with Crippen molar-refractivity contribution in [3.05, 3.63) is 35.9 Å². The lowest BCUT2D eigenvalue weighted by molar-refractivity contribution is 0.511. The Balaban J connectivity index is 2.67. The van der Waals surface area contributed by atoms with Crippen molar-refractivity contribution in [1.82, 2.24) is 4.90 Å². The number of benzene rings is 1. The molecule has 0 saturated carbocycles. The van der Waals surface area contributed by atoms with Crippen LogP contribution in [-0.2, 0) is 6.54 Å². The van der Waals surface area contributed by atoms with Crippen molar-refractivity contribution in [2.45, 2.75) is 6.54 Å². The van der Waals surface area contributed by atoms with Gasteiger partial charge in [0.2, 0.25) is 6.19 Å². The molecule has 0 aliphatic rings. The van der Waals surface area contributed by atoms with Gasteiger partial charge in [0, 0.05) is 13.6 Å². The molecule has 0 N–H and O–H groups in total. The van der Waals surface area contributed by atoms with Crippen LogP contribution in [0.2, 0.25) is 0 Å². The normalized spacial score (nSPS) is 10.9. The SMILES string of the molecule is CSC(=NC#N)N(C)Cc1ccccc1. The van der Waals surface area contributed by atoms with Gasteiger partial charge in [-0.25, -0.2) is 0 Å². The van der Waals surface area contributed by atoms with Crippen molar-refractivity contribution >= 4 is 16.9 Å². The van der Waals surface area contributed by atoms with E-state index < -0.39 is 0 Å². The molecule has 0 aliphatic carbocycles. The van der Waals surface area contributed by atoms with Crippen LogP contribution in [0.15, 0.2) is 35.3 Å². The highest BCUT2D eigenvalue weighted by Crippen LogP contribution is 2.08. The first-order valence-electron chi connectivity index (χ1n) is 4.53. The first-order chi connectivity index (χ1) is 7.27.